The second-order valence-electron chi connectivity index (χ2n) is 3.96. The topological polar surface area (TPSA) is 17.1 Å². The van der Waals surface area contributed by atoms with E-state index in [1.165, 1.54) is 11.6 Å². The Balaban J connectivity index is 2.51. The minimum atomic E-state index is -0.0413. The normalized spacial score (nSPS) is 9.94. The molecule has 17 heavy (non-hydrogen) atoms. The van der Waals surface area contributed by atoms with E-state index < -0.39 is 0 Å². The van der Waals surface area contributed by atoms with Crippen LogP contribution in [0.25, 0.3) is 11.1 Å². The number of ketones is 1. The van der Waals surface area contributed by atoms with E-state index in [-0.39, 0.29) is 5.78 Å². The fraction of sp³-hybridized carbons (Fsp3) is 0.0625. The first-order valence-electron chi connectivity index (χ1n) is 5.55. The monoisotopic (exact) mass is 222 g/mol. The van der Waals surface area contributed by atoms with Crippen LogP contribution in [-0.4, -0.2) is 5.78 Å². The highest BCUT2D eigenvalue weighted by Crippen LogP contribution is 2.23. The van der Waals surface area contributed by atoms with E-state index in [2.05, 4.69) is 25.6 Å². The lowest BCUT2D eigenvalue weighted by atomic mass is 9.98. The number of carbonyl (C=O) groups excluding carboxylic acids is 1. The number of hydrogen-bond acceptors (Lipinski definition) is 1. The Morgan fingerprint density at radius 1 is 1.12 bits per heavy atom. The fourth-order valence-electron chi connectivity index (χ4n) is 1.85. The van der Waals surface area contributed by atoms with E-state index >= 15 is 0 Å². The van der Waals surface area contributed by atoms with Crippen LogP contribution in [0.3, 0.4) is 0 Å². The van der Waals surface area contributed by atoms with E-state index in [0.29, 0.717) is 5.56 Å². The highest BCUT2D eigenvalue weighted by Gasteiger charge is 2.05. The van der Waals surface area contributed by atoms with Crippen molar-refractivity contribution in [1.82, 2.24) is 0 Å². The molecule has 0 saturated heterocycles. The third-order valence-corrected chi connectivity index (χ3v) is 2.79. The molecule has 0 aliphatic rings. The Kier molecular flexibility index (Phi) is 3.20. The molecular formula is C16H14O. The van der Waals surface area contributed by atoms with Crippen molar-refractivity contribution in [3.8, 4) is 11.1 Å². The molecule has 0 saturated carbocycles. The van der Waals surface area contributed by atoms with Crippen LogP contribution in [0.2, 0.25) is 0 Å². The van der Waals surface area contributed by atoms with Crippen LogP contribution in [0, 0.1) is 6.92 Å². The van der Waals surface area contributed by atoms with Gasteiger partial charge in [0.2, 0.25) is 0 Å². The summed E-state index contributed by atoms with van der Waals surface area (Å²) in [5, 5.41) is 0. The summed E-state index contributed by atoms with van der Waals surface area (Å²) in [6, 6.07) is 15.8. The summed E-state index contributed by atoms with van der Waals surface area (Å²) in [6.07, 6.45) is 1.34. The zero-order valence-corrected chi connectivity index (χ0v) is 9.81. The van der Waals surface area contributed by atoms with Gasteiger partial charge in [-0.15, -0.1) is 0 Å². The van der Waals surface area contributed by atoms with Crippen molar-refractivity contribution in [3.05, 3.63) is 72.3 Å². The van der Waals surface area contributed by atoms with Crippen molar-refractivity contribution >= 4 is 5.78 Å². The Morgan fingerprint density at radius 2 is 1.88 bits per heavy atom. The highest BCUT2D eigenvalue weighted by atomic mass is 16.1. The Morgan fingerprint density at radius 3 is 2.59 bits per heavy atom. The number of allylic oxidation sites excluding steroid dienone is 1. The predicted molar refractivity (Wildman–Crippen MR) is 71.1 cm³/mol. The molecule has 0 unspecified atom stereocenters. The lowest BCUT2D eigenvalue weighted by Crippen LogP contribution is -1.94. The van der Waals surface area contributed by atoms with Crippen LogP contribution < -0.4 is 0 Å². The van der Waals surface area contributed by atoms with Gasteiger partial charge in [-0.25, -0.2) is 0 Å². The van der Waals surface area contributed by atoms with Gasteiger partial charge in [0.05, 0.1) is 0 Å². The summed E-state index contributed by atoms with van der Waals surface area (Å²) in [6.45, 7) is 5.57. The van der Waals surface area contributed by atoms with Crippen molar-refractivity contribution in [3.63, 3.8) is 0 Å². The number of carbonyl (C=O) groups is 1. The SMILES string of the molecule is C=CC(=O)c1cccc(-c2ccccc2C)c1. The summed E-state index contributed by atoms with van der Waals surface area (Å²) in [4.78, 5) is 11.6. The molecule has 0 atom stereocenters. The Labute approximate surface area is 101 Å². The molecule has 0 aromatic heterocycles. The molecule has 0 N–H and O–H groups in total. The lowest BCUT2D eigenvalue weighted by Gasteiger charge is -2.06. The van der Waals surface area contributed by atoms with Gasteiger partial charge >= 0.3 is 0 Å². The molecule has 0 aliphatic heterocycles. The standard InChI is InChI=1S/C16H14O/c1-3-16(17)14-9-6-8-13(11-14)15-10-5-4-7-12(15)2/h3-11H,1H2,2H3. The van der Waals surface area contributed by atoms with Gasteiger partial charge in [0.25, 0.3) is 0 Å². The lowest BCUT2D eigenvalue weighted by molar-refractivity contribution is 0.104. The van der Waals surface area contributed by atoms with Gasteiger partial charge in [0.15, 0.2) is 5.78 Å². The van der Waals surface area contributed by atoms with Crippen LogP contribution in [0.15, 0.2) is 61.2 Å². The molecule has 0 aliphatic carbocycles. The molecule has 84 valence electrons. The maximum Gasteiger partial charge on any atom is 0.185 e. The average Bonchev–Trinajstić information content (AvgIpc) is 2.38. The van der Waals surface area contributed by atoms with Crippen molar-refractivity contribution in [2.45, 2.75) is 6.92 Å². The van der Waals surface area contributed by atoms with Gasteiger partial charge in [0, 0.05) is 5.56 Å². The van der Waals surface area contributed by atoms with Gasteiger partial charge in [-0.2, -0.15) is 0 Å². The zero-order chi connectivity index (χ0) is 12.3. The van der Waals surface area contributed by atoms with Crippen molar-refractivity contribution < 1.29 is 4.79 Å². The molecule has 1 nitrogen and oxygen atoms in total. The first kappa shape index (κ1) is 11.3. The molecule has 0 heterocycles. The Bertz CT molecular complexity index is 567. The molecule has 0 radical (unpaired) electrons. The van der Waals surface area contributed by atoms with E-state index in [4.69, 9.17) is 0 Å². The molecule has 2 rings (SSSR count). The van der Waals surface area contributed by atoms with Crippen LogP contribution >= 0.6 is 0 Å². The molecule has 0 amide bonds. The summed E-state index contributed by atoms with van der Waals surface area (Å²) in [5.41, 5.74) is 4.11. The third-order valence-electron chi connectivity index (χ3n) is 2.79. The summed E-state index contributed by atoms with van der Waals surface area (Å²) < 4.78 is 0. The van der Waals surface area contributed by atoms with Crippen LogP contribution in [0.5, 0.6) is 0 Å². The predicted octanol–water partition coefficient (Wildman–Crippen LogP) is 4.03. The van der Waals surface area contributed by atoms with Crippen molar-refractivity contribution in [2.75, 3.05) is 0 Å². The quantitative estimate of drug-likeness (QED) is 0.566. The summed E-state index contributed by atoms with van der Waals surface area (Å²) in [5.74, 6) is -0.0413. The zero-order valence-electron chi connectivity index (χ0n) is 9.81. The second-order valence-corrected chi connectivity index (χ2v) is 3.96. The number of rotatable bonds is 3. The molecule has 0 fully saturated rings. The minimum absolute atomic E-state index is 0.0413. The van der Waals surface area contributed by atoms with Gasteiger partial charge < -0.3 is 0 Å². The maximum absolute atomic E-state index is 11.6. The third kappa shape index (κ3) is 2.34. The molecule has 0 bridgehead atoms. The van der Waals surface area contributed by atoms with E-state index in [9.17, 15) is 4.79 Å². The van der Waals surface area contributed by atoms with E-state index in [0.717, 1.165) is 11.1 Å². The Hall–Kier alpha value is -2.15. The van der Waals surface area contributed by atoms with Crippen LogP contribution in [-0.2, 0) is 0 Å². The second kappa shape index (κ2) is 4.79. The molecular weight excluding hydrogens is 208 g/mol. The number of benzene rings is 2. The summed E-state index contributed by atoms with van der Waals surface area (Å²) >= 11 is 0. The average molecular weight is 222 g/mol. The highest BCUT2D eigenvalue weighted by molar-refractivity contribution is 6.04. The smallest absolute Gasteiger partial charge is 0.185 e. The largest absolute Gasteiger partial charge is 0.289 e. The van der Waals surface area contributed by atoms with E-state index in [1.807, 2.05) is 36.4 Å². The fourth-order valence-corrected chi connectivity index (χ4v) is 1.85. The van der Waals surface area contributed by atoms with Gasteiger partial charge in [-0.1, -0.05) is 49.0 Å². The molecule has 2 aromatic carbocycles. The first-order chi connectivity index (χ1) is 8.22. The maximum atomic E-state index is 11.6. The van der Waals surface area contributed by atoms with Gasteiger partial charge in [-0.05, 0) is 35.8 Å². The van der Waals surface area contributed by atoms with Crippen LogP contribution in [0.4, 0.5) is 0 Å². The van der Waals surface area contributed by atoms with E-state index in [1.54, 1.807) is 0 Å². The minimum Gasteiger partial charge on any atom is -0.289 e. The van der Waals surface area contributed by atoms with Crippen LogP contribution in [0.1, 0.15) is 15.9 Å². The number of hydrogen-bond donors (Lipinski definition) is 0. The summed E-state index contributed by atoms with van der Waals surface area (Å²) in [7, 11) is 0. The molecule has 0 spiro atoms. The number of aryl methyl sites for hydroxylation is 1. The van der Waals surface area contributed by atoms with Gasteiger partial charge in [0.1, 0.15) is 0 Å². The molecule has 1 heteroatoms. The molecule has 2 aromatic rings. The van der Waals surface area contributed by atoms with Crippen molar-refractivity contribution in [1.29, 1.82) is 0 Å². The van der Waals surface area contributed by atoms with Gasteiger partial charge in [-0.3, -0.25) is 4.79 Å². The van der Waals surface area contributed by atoms with Crippen molar-refractivity contribution in [2.24, 2.45) is 0 Å². The first-order valence-corrected chi connectivity index (χ1v) is 5.55.